The van der Waals surface area contributed by atoms with E-state index in [1.54, 1.807) is 12.1 Å². The fourth-order valence-corrected chi connectivity index (χ4v) is 1.97. The normalized spacial score (nSPS) is 11.6. The summed E-state index contributed by atoms with van der Waals surface area (Å²) in [4.78, 5) is 3.30. The Morgan fingerprint density at radius 1 is 1.06 bits per heavy atom. The molecular weight excluding hydrogens is 358 g/mol. The first-order valence-corrected chi connectivity index (χ1v) is 5.98. The summed E-state index contributed by atoms with van der Waals surface area (Å²) < 4.78 is 38.1. The van der Waals surface area contributed by atoms with E-state index in [-0.39, 0.29) is 5.75 Å². The second-order valence-electron chi connectivity index (χ2n) is 3.59. The molecule has 1 aromatic carbocycles. The van der Waals surface area contributed by atoms with Crippen LogP contribution in [0.15, 0.2) is 36.5 Å². The quantitative estimate of drug-likeness (QED) is 0.773. The van der Waals surface area contributed by atoms with Crippen molar-refractivity contribution in [1.82, 2.24) is 4.98 Å². The minimum absolute atomic E-state index is 0.101. The number of aromatic hydroxyl groups is 1. The van der Waals surface area contributed by atoms with E-state index in [9.17, 15) is 18.3 Å². The molecule has 0 saturated carbocycles. The summed E-state index contributed by atoms with van der Waals surface area (Å²) in [5.74, 6) is 0.101. The van der Waals surface area contributed by atoms with Gasteiger partial charge in [0, 0.05) is 6.20 Å². The number of hydrogen-bond donors (Lipinski definition) is 1. The number of phenols is 1. The zero-order valence-corrected chi connectivity index (χ0v) is 11.0. The van der Waals surface area contributed by atoms with Crippen molar-refractivity contribution in [3.63, 3.8) is 0 Å². The first-order chi connectivity index (χ1) is 8.38. The molecule has 2 rings (SSSR count). The molecule has 1 aromatic heterocycles. The number of benzene rings is 1. The van der Waals surface area contributed by atoms with Crippen molar-refractivity contribution >= 4 is 22.6 Å². The van der Waals surface area contributed by atoms with Crippen LogP contribution in [-0.4, -0.2) is 10.1 Å². The third kappa shape index (κ3) is 2.74. The van der Waals surface area contributed by atoms with E-state index >= 15 is 0 Å². The Morgan fingerprint density at radius 3 is 2.33 bits per heavy atom. The van der Waals surface area contributed by atoms with Crippen LogP contribution in [0.5, 0.6) is 5.75 Å². The number of halogens is 4. The van der Waals surface area contributed by atoms with Crippen LogP contribution >= 0.6 is 22.6 Å². The van der Waals surface area contributed by atoms with Crippen LogP contribution in [0, 0.1) is 3.57 Å². The zero-order valence-electron chi connectivity index (χ0n) is 8.87. The minimum atomic E-state index is -4.46. The van der Waals surface area contributed by atoms with Crippen molar-refractivity contribution in [2.75, 3.05) is 0 Å². The molecule has 0 atom stereocenters. The number of hydrogen-bond acceptors (Lipinski definition) is 2. The van der Waals surface area contributed by atoms with Gasteiger partial charge in [-0.3, -0.25) is 4.98 Å². The van der Waals surface area contributed by atoms with E-state index in [1.165, 1.54) is 12.1 Å². The van der Waals surface area contributed by atoms with Gasteiger partial charge in [-0.15, -0.1) is 0 Å². The first kappa shape index (κ1) is 13.1. The highest BCUT2D eigenvalue weighted by Gasteiger charge is 2.32. The Hall–Kier alpha value is -1.31. The molecule has 0 amide bonds. The first-order valence-electron chi connectivity index (χ1n) is 4.90. The van der Waals surface area contributed by atoms with Crippen molar-refractivity contribution in [2.24, 2.45) is 0 Å². The van der Waals surface area contributed by atoms with Crippen LogP contribution in [-0.2, 0) is 6.18 Å². The molecule has 0 aliphatic carbocycles. The van der Waals surface area contributed by atoms with E-state index in [2.05, 4.69) is 4.98 Å². The monoisotopic (exact) mass is 365 g/mol. The van der Waals surface area contributed by atoms with Crippen LogP contribution in [0.1, 0.15) is 5.69 Å². The van der Waals surface area contributed by atoms with Crippen molar-refractivity contribution in [1.29, 1.82) is 0 Å². The molecular formula is C12H7F3INO. The summed E-state index contributed by atoms with van der Waals surface area (Å²) in [5, 5.41) is 9.37. The lowest BCUT2D eigenvalue weighted by molar-refractivity contribution is -0.141. The van der Waals surface area contributed by atoms with Crippen molar-refractivity contribution in [3.05, 3.63) is 45.8 Å². The minimum Gasteiger partial charge on any atom is -0.507 e. The van der Waals surface area contributed by atoms with Gasteiger partial charge in [-0.2, -0.15) is 13.2 Å². The van der Waals surface area contributed by atoms with Gasteiger partial charge in [0.15, 0.2) is 0 Å². The van der Waals surface area contributed by atoms with Crippen molar-refractivity contribution in [2.45, 2.75) is 6.18 Å². The summed E-state index contributed by atoms with van der Waals surface area (Å²) in [6, 6.07) is 7.11. The predicted octanol–water partition coefficient (Wildman–Crippen LogP) is 4.08. The molecule has 0 spiro atoms. The maximum absolute atomic E-state index is 12.5. The molecule has 0 radical (unpaired) electrons. The van der Waals surface area contributed by atoms with E-state index in [0.29, 0.717) is 14.7 Å². The largest absolute Gasteiger partial charge is 0.507 e. The molecule has 0 aliphatic heterocycles. The highest BCUT2D eigenvalue weighted by Crippen LogP contribution is 2.32. The smallest absolute Gasteiger partial charge is 0.433 e. The van der Waals surface area contributed by atoms with E-state index in [0.717, 1.165) is 12.3 Å². The van der Waals surface area contributed by atoms with Crippen LogP contribution < -0.4 is 0 Å². The highest BCUT2D eigenvalue weighted by molar-refractivity contribution is 14.1. The van der Waals surface area contributed by atoms with Crippen LogP contribution in [0.2, 0.25) is 0 Å². The average Bonchev–Trinajstić information content (AvgIpc) is 2.32. The molecule has 2 aromatic rings. The van der Waals surface area contributed by atoms with Gasteiger partial charge >= 0.3 is 6.18 Å². The van der Waals surface area contributed by atoms with Gasteiger partial charge in [-0.1, -0.05) is 6.07 Å². The highest BCUT2D eigenvalue weighted by atomic mass is 127. The number of aromatic nitrogens is 1. The van der Waals surface area contributed by atoms with E-state index < -0.39 is 11.9 Å². The number of rotatable bonds is 1. The number of pyridine rings is 1. The van der Waals surface area contributed by atoms with Crippen LogP contribution in [0.25, 0.3) is 11.1 Å². The lowest BCUT2D eigenvalue weighted by Gasteiger charge is -2.08. The predicted molar refractivity (Wildman–Crippen MR) is 69.1 cm³/mol. The van der Waals surface area contributed by atoms with Gasteiger partial charge in [0.2, 0.25) is 0 Å². The van der Waals surface area contributed by atoms with Crippen molar-refractivity contribution < 1.29 is 18.3 Å². The molecule has 0 saturated heterocycles. The molecule has 18 heavy (non-hydrogen) atoms. The lowest BCUT2D eigenvalue weighted by atomic mass is 10.1. The summed E-state index contributed by atoms with van der Waals surface area (Å²) >= 11 is 1.91. The molecule has 0 bridgehead atoms. The SMILES string of the molecule is Oc1ccc(-c2ccnc(C(F)(F)F)c2)cc1I. The number of phenolic OH excluding ortho intramolecular Hbond substituents is 1. The molecule has 1 N–H and O–H groups in total. The summed E-state index contributed by atoms with van der Waals surface area (Å²) in [7, 11) is 0. The number of alkyl halides is 3. The van der Waals surface area contributed by atoms with Gasteiger partial charge in [-0.05, 0) is 58.0 Å². The van der Waals surface area contributed by atoms with E-state index in [4.69, 9.17) is 0 Å². The van der Waals surface area contributed by atoms with Gasteiger partial charge in [-0.25, -0.2) is 0 Å². The maximum atomic E-state index is 12.5. The maximum Gasteiger partial charge on any atom is 0.433 e. The molecule has 0 fully saturated rings. The Labute approximate surface area is 115 Å². The van der Waals surface area contributed by atoms with Gasteiger partial charge in [0.1, 0.15) is 11.4 Å². The Kier molecular flexibility index (Phi) is 3.47. The molecule has 1 heterocycles. The van der Waals surface area contributed by atoms with Gasteiger partial charge in [0.05, 0.1) is 3.57 Å². The van der Waals surface area contributed by atoms with Crippen molar-refractivity contribution in [3.8, 4) is 16.9 Å². The molecule has 2 nitrogen and oxygen atoms in total. The van der Waals surface area contributed by atoms with Gasteiger partial charge in [0.25, 0.3) is 0 Å². The molecule has 0 unspecified atom stereocenters. The fourth-order valence-electron chi connectivity index (χ4n) is 1.45. The summed E-state index contributed by atoms with van der Waals surface area (Å²) in [6.45, 7) is 0. The second kappa shape index (κ2) is 4.75. The number of nitrogens with zero attached hydrogens (tertiary/aromatic N) is 1. The van der Waals surface area contributed by atoms with Crippen LogP contribution in [0.3, 0.4) is 0 Å². The Morgan fingerprint density at radius 2 is 1.72 bits per heavy atom. The summed E-state index contributed by atoms with van der Waals surface area (Å²) in [5.41, 5.74) is 0.0865. The average molecular weight is 365 g/mol. The standard InChI is InChI=1S/C12H7F3INO/c13-12(14,15)11-6-8(3-4-17-11)7-1-2-10(18)9(16)5-7/h1-6,18H. The molecule has 94 valence electrons. The van der Waals surface area contributed by atoms with Crippen LogP contribution in [0.4, 0.5) is 13.2 Å². The third-order valence-electron chi connectivity index (χ3n) is 2.33. The van der Waals surface area contributed by atoms with Gasteiger partial charge < -0.3 is 5.11 Å². The fraction of sp³-hybridized carbons (Fsp3) is 0.0833. The molecule has 0 aliphatic rings. The van der Waals surface area contributed by atoms with E-state index in [1.807, 2.05) is 22.6 Å². The lowest BCUT2D eigenvalue weighted by Crippen LogP contribution is -2.07. The molecule has 6 heteroatoms. The Bertz CT molecular complexity index is 584. The third-order valence-corrected chi connectivity index (χ3v) is 3.20. The second-order valence-corrected chi connectivity index (χ2v) is 4.76. The zero-order chi connectivity index (χ0) is 13.3. The Balaban J connectivity index is 2.48. The summed E-state index contributed by atoms with van der Waals surface area (Å²) in [6.07, 6.45) is -3.34. The topological polar surface area (TPSA) is 33.1 Å².